The summed E-state index contributed by atoms with van der Waals surface area (Å²) in [6.07, 6.45) is 4.21. The monoisotopic (exact) mass is 427 g/mol. The van der Waals surface area contributed by atoms with Crippen LogP contribution in [0.25, 0.3) is 0 Å². The molecule has 0 radical (unpaired) electrons. The van der Waals surface area contributed by atoms with Crippen LogP contribution in [0.1, 0.15) is 30.9 Å². The molecular formula is C18H26ClN5O3S. The third-order valence-electron chi connectivity index (χ3n) is 4.77. The van der Waals surface area contributed by atoms with Gasteiger partial charge >= 0.3 is 0 Å². The minimum absolute atomic E-state index is 0. The molecule has 1 atom stereocenters. The van der Waals surface area contributed by atoms with Crippen molar-refractivity contribution >= 4 is 28.3 Å². The Labute approximate surface area is 171 Å². The van der Waals surface area contributed by atoms with E-state index in [1.807, 2.05) is 30.3 Å². The van der Waals surface area contributed by atoms with Crippen LogP contribution in [0.5, 0.6) is 0 Å². The normalized spacial score (nSPS) is 16.9. The van der Waals surface area contributed by atoms with Crippen LogP contribution in [0.15, 0.2) is 47.6 Å². The summed E-state index contributed by atoms with van der Waals surface area (Å²) in [4.78, 5) is 12.5. The van der Waals surface area contributed by atoms with E-state index in [1.54, 1.807) is 7.05 Å². The summed E-state index contributed by atoms with van der Waals surface area (Å²) in [6, 6.07) is 9.11. The number of nitrogens with zero attached hydrogens (tertiary/aromatic N) is 3. The summed E-state index contributed by atoms with van der Waals surface area (Å²) >= 11 is 0. The van der Waals surface area contributed by atoms with Gasteiger partial charge in [-0.1, -0.05) is 30.3 Å². The highest BCUT2D eigenvalue weighted by Gasteiger charge is 2.30. The number of hydrogen-bond acceptors (Lipinski definition) is 5. The number of rotatable bonds is 6. The fraction of sp³-hybridized carbons (Fsp3) is 0.444. The highest BCUT2D eigenvalue weighted by molar-refractivity contribution is 7.89. The van der Waals surface area contributed by atoms with Gasteiger partial charge in [0.1, 0.15) is 4.90 Å². The number of halogens is 1. The number of nitrogens with two attached hydrogens (primary N) is 1. The van der Waals surface area contributed by atoms with Gasteiger partial charge in [0.05, 0.1) is 6.20 Å². The minimum atomic E-state index is -3.53. The van der Waals surface area contributed by atoms with Gasteiger partial charge < -0.3 is 11.1 Å². The first-order valence-corrected chi connectivity index (χ1v) is 10.4. The zero-order valence-corrected chi connectivity index (χ0v) is 17.3. The molecule has 0 spiro atoms. The zero-order valence-electron chi connectivity index (χ0n) is 15.7. The first-order chi connectivity index (χ1) is 12.9. The molecule has 3 rings (SSSR count). The molecule has 0 bridgehead atoms. The number of hydrogen-bond donors (Lipinski definition) is 2. The van der Waals surface area contributed by atoms with Crippen molar-refractivity contribution in [3.8, 4) is 0 Å². The highest BCUT2D eigenvalue weighted by atomic mass is 35.5. The van der Waals surface area contributed by atoms with Crippen molar-refractivity contribution in [1.82, 2.24) is 19.4 Å². The van der Waals surface area contributed by atoms with E-state index in [-0.39, 0.29) is 41.7 Å². The number of carbonyl (C=O) groups is 1. The number of benzene rings is 1. The molecule has 1 aromatic carbocycles. The van der Waals surface area contributed by atoms with Crippen molar-refractivity contribution < 1.29 is 13.2 Å². The van der Waals surface area contributed by atoms with E-state index >= 15 is 0 Å². The lowest BCUT2D eigenvalue weighted by atomic mass is 10.0. The van der Waals surface area contributed by atoms with E-state index in [0.29, 0.717) is 25.9 Å². The molecule has 1 unspecified atom stereocenters. The standard InChI is InChI=1S/C18H25N5O3S.ClH/c1-22-13-16(12-20-22)27(25,26)23-9-7-15(8-10-23)21-18(24)11-17(19)14-5-3-2-4-6-14;/h2-6,12-13,15,17H,7-11,19H2,1H3,(H,21,24);1H. The Hall–Kier alpha value is -1.94. The number of amides is 1. The molecule has 1 aliphatic rings. The molecule has 3 N–H and O–H groups in total. The Bertz CT molecular complexity index is 880. The van der Waals surface area contributed by atoms with Crippen molar-refractivity contribution in [2.75, 3.05) is 13.1 Å². The molecule has 1 amide bonds. The fourth-order valence-corrected chi connectivity index (χ4v) is 4.68. The van der Waals surface area contributed by atoms with Gasteiger partial charge in [-0.05, 0) is 18.4 Å². The highest BCUT2D eigenvalue weighted by Crippen LogP contribution is 2.21. The third-order valence-corrected chi connectivity index (χ3v) is 6.62. The second kappa shape index (κ2) is 9.51. The molecule has 1 fully saturated rings. The average Bonchev–Trinajstić information content (AvgIpc) is 3.10. The maximum atomic E-state index is 12.6. The van der Waals surface area contributed by atoms with E-state index in [0.717, 1.165) is 5.56 Å². The van der Waals surface area contributed by atoms with E-state index in [1.165, 1.54) is 21.4 Å². The molecule has 2 heterocycles. The van der Waals surface area contributed by atoms with Gasteiger partial charge in [0.15, 0.2) is 0 Å². The second-order valence-electron chi connectivity index (χ2n) is 6.82. The van der Waals surface area contributed by atoms with Gasteiger partial charge in [-0.25, -0.2) is 8.42 Å². The van der Waals surface area contributed by atoms with Crippen molar-refractivity contribution in [2.24, 2.45) is 12.8 Å². The Balaban J connectivity index is 0.00000280. The first-order valence-electron chi connectivity index (χ1n) is 8.95. The Kier molecular flexibility index (Phi) is 7.59. The summed E-state index contributed by atoms with van der Waals surface area (Å²) < 4.78 is 28.1. The van der Waals surface area contributed by atoms with E-state index in [2.05, 4.69) is 10.4 Å². The molecule has 10 heteroatoms. The lowest BCUT2D eigenvalue weighted by Gasteiger charge is -2.31. The fourth-order valence-electron chi connectivity index (χ4n) is 3.23. The Morgan fingerprint density at radius 2 is 1.93 bits per heavy atom. The van der Waals surface area contributed by atoms with Gasteiger partial charge in [0, 0.05) is 44.8 Å². The number of piperidine rings is 1. The zero-order chi connectivity index (χ0) is 19.4. The van der Waals surface area contributed by atoms with Gasteiger partial charge in [0.25, 0.3) is 0 Å². The SMILES string of the molecule is Cl.Cn1cc(S(=O)(=O)N2CCC(NC(=O)CC(N)c3ccccc3)CC2)cn1. The predicted molar refractivity (Wildman–Crippen MR) is 108 cm³/mol. The first kappa shape index (κ1) is 22.4. The molecule has 0 saturated carbocycles. The molecule has 1 saturated heterocycles. The molecule has 154 valence electrons. The molecular weight excluding hydrogens is 402 g/mol. The molecule has 28 heavy (non-hydrogen) atoms. The van der Waals surface area contributed by atoms with Crippen LogP contribution < -0.4 is 11.1 Å². The Morgan fingerprint density at radius 1 is 1.29 bits per heavy atom. The lowest BCUT2D eigenvalue weighted by Crippen LogP contribution is -2.46. The van der Waals surface area contributed by atoms with Crippen LogP contribution in [0, 0.1) is 0 Å². The van der Waals surface area contributed by atoms with Crippen molar-refractivity contribution in [3.05, 3.63) is 48.3 Å². The molecule has 8 nitrogen and oxygen atoms in total. The Morgan fingerprint density at radius 3 is 2.50 bits per heavy atom. The van der Waals surface area contributed by atoms with Crippen LogP contribution in [-0.2, 0) is 21.9 Å². The van der Waals surface area contributed by atoms with Crippen LogP contribution in [0.3, 0.4) is 0 Å². The maximum Gasteiger partial charge on any atom is 0.246 e. The van der Waals surface area contributed by atoms with Gasteiger partial charge in [-0.3, -0.25) is 9.48 Å². The summed E-state index contributed by atoms with van der Waals surface area (Å²) in [7, 11) is -1.85. The number of nitrogens with one attached hydrogen (secondary N) is 1. The smallest absolute Gasteiger partial charge is 0.246 e. The van der Waals surface area contributed by atoms with Crippen LogP contribution in [0.4, 0.5) is 0 Å². The van der Waals surface area contributed by atoms with E-state index in [9.17, 15) is 13.2 Å². The maximum absolute atomic E-state index is 12.6. The number of sulfonamides is 1. The number of carbonyl (C=O) groups excluding carboxylic acids is 1. The van der Waals surface area contributed by atoms with Crippen molar-refractivity contribution in [3.63, 3.8) is 0 Å². The van der Waals surface area contributed by atoms with Crippen LogP contribution in [-0.4, -0.2) is 47.5 Å². The minimum Gasteiger partial charge on any atom is -0.353 e. The largest absolute Gasteiger partial charge is 0.353 e. The second-order valence-corrected chi connectivity index (χ2v) is 8.75. The third kappa shape index (κ3) is 5.32. The number of aromatic nitrogens is 2. The summed E-state index contributed by atoms with van der Waals surface area (Å²) in [5.41, 5.74) is 7.01. The van der Waals surface area contributed by atoms with Crippen LogP contribution in [0.2, 0.25) is 0 Å². The summed E-state index contributed by atoms with van der Waals surface area (Å²) in [6.45, 7) is 0.736. The average molecular weight is 428 g/mol. The van der Waals surface area contributed by atoms with Crippen LogP contribution >= 0.6 is 12.4 Å². The molecule has 0 aliphatic carbocycles. The van der Waals surface area contributed by atoms with E-state index < -0.39 is 10.0 Å². The quantitative estimate of drug-likeness (QED) is 0.719. The topological polar surface area (TPSA) is 110 Å². The predicted octanol–water partition coefficient (Wildman–Crippen LogP) is 1.20. The molecule has 2 aromatic rings. The van der Waals surface area contributed by atoms with E-state index in [4.69, 9.17) is 5.73 Å². The van der Waals surface area contributed by atoms with Crippen molar-refractivity contribution in [1.29, 1.82) is 0 Å². The summed E-state index contributed by atoms with van der Waals surface area (Å²) in [5, 5.41) is 6.91. The molecule has 1 aromatic heterocycles. The van der Waals surface area contributed by atoms with Gasteiger partial charge in [-0.15, -0.1) is 12.4 Å². The lowest BCUT2D eigenvalue weighted by molar-refractivity contribution is -0.122. The summed E-state index contributed by atoms with van der Waals surface area (Å²) in [5.74, 6) is -0.111. The van der Waals surface area contributed by atoms with Gasteiger partial charge in [-0.2, -0.15) is 9.40 Å². The number of aryl methyl sites for hydroxylation is 1. The molecule has 1 aliphatic heterocycles. The van der Waals surface area contributed by atoms with Crippen molar-refractivity contribution in [2.45, 2.75) is 36.2 Å². The van der Waals surface area contributed by atoms with Gasteiger partial charge in [0.2, 0.25) is 15.9 Å².